The summed E-state index contributed by atoms with van der Waals surface area (Å²) in [6, 6.07) is 0. The molecule has 1 aromatic heterocycles. The third-order valence-electron chi connectivity index (χ3n) is 3.00. The van der Waals surface area contributed by atoms with Crippen LogP contribution in [-0.4, -0.2) is 41.4 Å². The van der Waals surface area contributed by atoms with Crippen LogP contribution in [0.2, 0.25) is 0 Å². The Morgan fingerprint density at radius 2 is 2.35 bits per heavy atom. The lowest BCUT2D eigenvalue weighted by Gasteiger charge is -2.12. The Bertz CT molecular complexity index is 371. The van der Waals surface area contributed by atoms with Crippen LogP contribution >= 0.6 is 0 Å². The first kappa shape index (κ1) is 12.3. The van der Waals surface area contributed by atoms with Gasteiger partial charge in [0.1, 0.15) is 12.1 Å². The van der Waals surface area contributed by atoms with Crippen LogP contribution in [0.25, 0.3) is 0 Å². The van der Waals surface area contributed by atoms with Crippen molar-refractivity contribution in [2.24, 2.45) is 0 Å². The van der Waals surface area contributed by atoms with E-state index in [1.54, 1.807) is 13.4 Å². The van der Waals surface area contributed by atoms with Crippen molar-refractivity contribution in [2.75, 3.05) is 25.6 Å². The molecule has 1 aliphatic carbocycles. The maximum atomic E-state index is 9.52. The molecule has 0 amide bonds. The lowest BCUT2D eigenvalue weighted by atomic mass is 10.2. The largest absolute Gasteiger partial charge is 0.391 e. The molecule has 0 aliphatic heterocycles. The van der Waals surface area contributed by atoms with Gasteiger partial charge in [0.15, 0.2) is 0 Å². The topological polar surface area (TPSA) is 67.3 Å². The predicted octanol–water partition coefficient (Wildman–Crippen LogP) is 0.775. The highest BCUT2D eigenvalue weighted by atomic mass is 16.5. The van der Waals surface area contributed by atoms with Gasteiger partial charge in [-0.05, 0) is 25.7 Å². The van der Waals surface area contributed by atoms with Crippen molar-refractivity contribution in [2.45, 2.75) is 31.8 Å². The molecule has 2 rings (SSSR count). The number of rotatable bonds is 6. The molecule has 5 heteroatoms. The number of aromatic nitrogens is 2. The Labute approximate surface area is 101 Å². The molecule has 0 aromatic carbocycles. The normalized spacial score (nSPS) is 15.6. The molecule has 0 radical (unpaired) electrons. The molecule has 1 aromatic rings. The average molecular weight is 237 g/mol. The van der Waals surface area contributed by atoms with E-state index >= 15 is 0 Å². The molecule has 0 spiro atoms. The van der Waals surface area contributed by atoms with E-state index in [1.807, 2.05) is 0 Å². The standard InChI is InChI=1S/C12H19N3O2/c1-17-7-9(16)5-6-13-12-10-3-2-4-11(10)14-8-15-12/h8-9,16H,2-7H2,1H3,(H,13,14,15). The summed E-state index contributed by atoms with van der Waals surface area (Å²) in [5, 5.41) is 12.8. The number of nitrogens with zero attached hydrogens (tertiary/aromatic N) is 2. The van der Waals surface area contributed by atoms with Crippen molar-refractivity contribution in [1.29, 1.82) is 0 Å². The summed E-state index contributed by atoms with van der Waals surface area (Å²) in [5.74, 6) is 0.928. The van der Waals surface area contributed by atoms with E-state index in [0.29, 0.717) is 19.6 Å². The molecule has 0 saturated carbocycles. The Balaban J connectivity index is 1.85. The monoisotopic (exact) mass is 237 g/mol. The summed E-state index contributed by atoms with van der Waals surface area (Å²) in [6.45, 7) is 1.08. The molecule has 94 valence electrons. The van der Waals surface area contributed by atoms with E-state index in [0.717, 1.165) is 25.1 Å². The minimum atomic E-state index is -0.414. The zero-order valence-electron chi connectivity index (χ0n) is 10.1. The Hall–Kier alpha value is -1.20. The van der Waals surface area contributed by atoms with E-state index in [2.05, 4.69) is 15.3 Å². The van der Waals surface area contributed by atoms with Gasteiger partial charge in [0.05, 0.1) is 12.7 Å². The number of ether oxygens (including phenoxy) is 1. The van der Waals surface area contributed by atoms with Crippen molar-refractivity contribution in [3.8, 4) is 0 Å². The maximum absolute atomic E-state index is 9.52. The fourth-order valence-corrected chi connectivity index (χ4v) is 2.14. The van der Waals surface area contributed by atoms with Crippen LogP contribution in [-0.2, 0) is 17.6 Å². The lowest BCUT2D eigenvalue weighted by Crippen LogP contribution is -2.19. The summed E-state index contributed by atoms with van der Waals surface area (Å²) in [7, 11) is 1.59. The third-order valence-corrected chi connectivity index (χ3v) is 3.00. The summed E-state index contributed by atoms with van der Waals surface area (Å²) >= 11 is 0. The molecule has 1 unspecified atom stereocenters. The average Bonchev–Trinajstić information content (AvgIpc) is 2.78. The first-order valence-corrected chi connectivity index (χ1v) is 6.05. The highest BCUT2D eigenvalue weighted by molar-refractivity contribution is 5.47. The van der Waals surface area contributed by atoms with E-state index in [1.165, 1.54) is 11.3 Å². The SMILES string of the molecule is COCC(O)CCNc1ncnc2c1CCC2. The third kappa shape index (κ3) is 3.14. The van der Waals surface area contributed by atoms with Gasteiger partial charge in [-0.25, -0.2) is 9.97 Å². The number of hydrogen-bond donors (Lipinski definition) is 2. The second kappa shape index (κ2) is 5.93. The fraction of sp³-hybridized carbons (Fsp3) is 0.667. The number of fused-ring (bicyclic) bond motifs is 1. The first-order valence-electron chi connectivity index (χ1n) is 6.05. The highest BCUT2D eigenvalue weighted by Crippen LogP contribution is 2.24. The van der Waals surface area contributed by atoms with Gasteiger partial charge < -0.3 is 15.2 Å². The summed E-state index contributed by atoms with van der Waals surface area (Å²) in [5.41, 5.74) is 2.41. The van der Waals surface area contributed by atoms with Crippen LogP contribution in [0.3, 0.4) is 0 Å². The van der Waals surface area contributed by atoms with Gasteiger partial charge in [-0.3, -0.25) is 0 Å². The number of aliphatic hydroxyl groups excluding tert-OH is 1. The van der Waals surface area contributed by atoms with Crippen LogP contribution in [0.15, 0.2) is 6.33 Å². The van der Waals surface area contributed by atoms with Crippen molar-refractivity contribution in [1.82, 2.24) is 9.97 Å². The highest BCUT2D eigenvalue weighted by Gasteiger charge is 2.16. The van der Waals surface area contributed by atoms with Gasteiger partial charge in [0, 0.05) is 24.9 Å². The summed E-state index contributed by atoms with van der Waals surface area (Å²) in [6.07, 6.45) is 5.12. The molecule has 0 bridgehead atoms. The van der Waals surface area contributed by atoms with Gasteiger partial charge in [-0.1, -0.05) is 0 Å². The van der Waals surface area contributed by atoms with Crippen molar-refractivity contribution in [3.05, 3.63) is 17.6 Å². The molecule has 0 saturated heterocycles. The lowest BCUT2D eigenvalue weighted by molar-refractivity contribution is 0.0615. The predicted molar refractivity (Wildman–Crippen MR) is 65.0 cm³/mol. The van der Waals surface area contributed by atoms with E-state index in [4.69, 9.17) is 4.74 Å². The number of anilines is 1. The minimum absolute atomic E-state index is 0.379. The smallest absolute Gasteiger partial charge is 0.132 e. The molecule has 5 nitrogen and oxygen atoms in total. The number of aliphatic hydroxyl groups is 1. The molecule has 2 N–H and O–H groups in total. The van der Waals surface area contributed by atoms with Crippen LogP contribution in [0, 0.1) is 0 Å². The van der Waals surface area contributed by atoms with Gasteiger partial charge in [-0.2, -0.15) is 0 Å². The van der Waals surface area contributed by atoms with Gasteiger partial charge in [0.2, 0.25) is 0 Å². The second-order valence-corrected chi connectivity index (χ2v) is 4.33. The Kier molecular flexibility index (Phi) is 4.28. The summed E-state index contributed by atoms with van der Waals surface area (Å²) < 4.78 is 4.88. The van der Waals surface area contributed by atoms with Gasteiger partial charge in [-0.15, -0.1) is 0 Å². The molecule has 17 heavy (non-hydrogen) atoms. The number of aryl methyl sites for hydroxylation is 1. The second-order valence-electron chi connectivity index (χ2n) is 4.33. The quantitative estimate of drug-likeness (QED) is 0.765. The molecule has 0 fully saturated rings. The molecule has 1 aliphatic rings. The first-order chi connectivity index (χ1) is 8.31. The molecular formula is C12H19N3O2. The van der Waals surface area contributed by atoms with Crippen LogP contribution in [0.5, 0.6) is 0 Å². The zero-order chi connectivity index (χ0) is 12.1. The Morgan fingerprint density at radius 3 is 3.18 bits per heavy atom. The van der Waals surface area contributed by atoms with Crippen molar-refractivity contribution in [3.63, 3.8) is 0 Å². The van der Waals surface area contributed by atoms with E-state index in [-0.39, 0.29) is 0 Å². The number of nitrogens with one attached hydrogen (secondary N) is 1. The number of hydrogen-bond acceptors (Lipinski definition) is 5. The van der Waals surface area contributed by atoms with Crippen molar-refractivity contribution < 1.29 is 9.84 Å². The van der Waals surface area contributed by atoms with E-state index in [9.17, 15) is 5.11 Å². The van der Waals surface area contributed by atoms with Crippen LogP contribution in [0.1, 0.15) is 24.1 Å². The van der Waals surface area contributed by atoms with Crippen LogP contribution < -0.4 is 5.32 Å². The molecular weight excluding hydrogens is 218 g/mol. The molecule has 1 atom stereocenters. The fourth-order valence-electron chi connectivity index (χ4n) is 2.14. The molecule has 1 heterocycles. The number of methoxy groups -OCH3 is 1. The van der Waals surface area contributed by atoms with E-state index < -0.39 is 6.10 Å². The zero-order valence-corrected chi connectivity index (χ0v) is 10.1. The van der Waals surface area contributed by atoms with Gasteiger partial charge in [0.25, 0.3) is 0 Å². The Morgan fingerprint density at radius 1 is 1.47 bits per heavy atom. The minimum Gasteiger partial charge on any atom is -0.391 e. The van der Waals surface area contributed by atoms with Crippen LogP contribution in [0.4, 0.5) is 5.82 Å². The van der Waals surface area contributed by atoms with Gasteiger partial charge >= 0.3 is 0 Å². The maximum Gasteiger partial charge on any atom is 0.132 e. The summed E-state index contributed by atoms with van der Waals surface area (Å²) in [4.78, 5) is 8.53. The van der Waals surface area contributed by atoms with Crippen molar-refractivity contribution >= 4 is 5.82 Å².